The van der Waals surface area contributed by atoms with Crippen LogP contribution in [0.4, 0.5) is 5.69 Å². The molecule has 3 aromatic rings. The molecule has 138 valence electrons. The van der Waals surface area contributed by atoms with Crippen molar-refractivity contribution in [1.82, 2.24) is 5.43 Å². The van der Waals surface area contributed by atoms with Crippen molar-refractivity contribution in [3.63, 3.8) is 0 Å². The molecule has 1 aromatic heterocycles. The van der Waals surface area contributed by atoms with Crippen LogP contribution in [0.2, 0.25) is 15.1 Å². The number of hydrogen-bond donors (Lipinski definition) is 1. The largest absolute Gasteiger partial charge is 0.455 e. The molecule has 0 amide bonds. The Labute approximate surface area is 169 Å². The average Bonchev–Trinajstić information content (AvgIpc) is 3.09. The highest BCUT2D eigenvalue weighted by Gasteiger charge is 2.18. The molecule has 0 aliphatic heterocycles. The zero-order valence-corrected chi connectivity index (χ0v) is 15.9. The van der Waals surface area contributed by atoms with E-state index < -0.39 is 4.92 Å². The van der Waals surface area contributed by atoms with Crippen LogP contribution in [0.25, 0.3) is 11.3 Å². The van der Waals surface area contributed by atoms with Crippen LogP contribution in [-0.4, -0.2) is 11.1 Å². The molecule has 0 saturated carbocycles. The van der Waals surface area contributed by atoms with Gasteiger partial charge in [0.1, 0.15) is 11.5 Å². The summed E-state index contributed by atoms with van der Waals surface area (Å²) in [5.41, 5.74) is 3.76. The van der Waals surface area contributed by atoms with Gasteiger partial charge in [0.05, 0.1) is 23.2 Å². The Kier molecular flexibility index (Phi) is 6.01. The number of nitrogens with zero attached hydrogens (tertiary/aromatic N) is 2. The highest BCUT2D eigenvalue weighted by molar-refractivity contribution is 6.36. The fourth-order valence-corrected chi connectivity index (χ4v) is 3.06. The molecule has 27 heavy (non-hydrogen) atoms. The van der Waals surface area contributed by atoms with E-state index in [0.29, 0.717) is 33.7 Å². The predicted octanol–water partition coefficient (Wildman–Crippen LogP) is 5.94. The lowest BCUT2D eigenvalue weighted by molar-refractivity contribution is -0.384. The van der Waals surface area contributed by atoms with E-state index in [4.69, 9.17) is 39.2 Å². The van der Waals surface area contributed by atoms with Crippen LogP contribution >= 0.6 is 34.8 Å². The normalized spacial score (nSPS) is 11.1. The van der Waals surface area contributed by atoms with Crippen LogP contribution in [-0.2, 0) is 6.54 Å². The average molecular weight is 425 g/mol. The summed E-state index contributed by atoms with van der Waals surface area (Å²) in [5, 5.41) is 16.6. The van der Waals surface area contributed by atoms with Gasteiger partial charge in [0.2, 0.25) is 0 Å². The van der Waals surface area contributed by atoms with Crippen molar-refractivity contribution in [3.05, 3.63) is 85.0 Å². The van der Waals surface area contributed by atoms with E-state index in [1.165, 1.54) is 18.3 Å². The van der Waals surface area contributed by atoms with Crippen LogP contribution in [0.15, 0.2) is 58.0 Å². The topological polar surface area (TPSA) is 80.7 Å². The lowest BCUT2D eigenvalue weighted by atomic mass is 10.1. The van der Waals surface area contributed by atoms with Gasteiger partial charge in [0, 0.05) is 26.7 Å². The molecule has 0 radical (unpaired) electrons. The van der Waals surface area contributed by atoms with Gasteiger partial charge in [-0.1, -0.05) is 40.9 Å². The molecule has 1 heterocycles. The first-order chi connectivity index (χ1) is 13.0. The number of nitro groups is 1. The van der Waals surface area contributed by atoms with E-state index in [0.717, 1.165) is 5.56 Å². The minimum Gasteiger partial charge on any atom is -0.455 e. The lowest BCUT2D eigenvalue weighted by Gasteiger charge is -2.05. The third kappa shape index (κ3) is 4.60. The number of hydrazone groups is 1. The summed E-state index contributed by atoms with van der Waals surface area (Å²) in [4.78, 5) is 10.7. The molecule has 0 saturated heterocycles. The van der Waals surface area contributed by atoms with Crippen molar-refractivity contribution in [2.75, 3.05) is 0 Å². The van der Waals surface area contributed by atoms with Crippen molar-refractivity contribution < 1.29 is 9.34 Å². The number of hydrogen-bond acceptors (Lipinski definition) is 5. The van der Waals surface area contributed by atoms with Crippen LogP contribution < -0.4 is 5.43 Å². The lowest BCUT2D eigenvalue weighted by Crippen LogP contribution is -2.06. The summed E-state index contributed by atoms with van der Waals surface area (Å²) >= 11 is 18.0. The second-order valence-electron chi connectivity index (χ2n) is 5.41. The quantitative estimate of drug-likeness (QED) is 0.302. The van der Waals surface area contributed by atoms with Crippen LogP contribution in [0.5, 0.6) is 0 Å². The third-order valence-electron chi connectivity index (χ3n) is 3.65. The molecular weight excluding hydrogens is 413 g/mol. The molecule has 9 heteroatoms. The summed E-state index contributed by atoms with van der Waals surface area (Å²) in [7, 11) is 0. The first-order valence-electron chi connectivity index (χ1n) is 7.68. The van der Waals surface area contributed by atoms with Crippen molar-refractivity contribution >= 4 is 46.7 Å². The van der Waals surface area contributed by atoms with Crippen LogP contribution in [0.1, 0.15) is 11.3 Å². The Balaban J connectivity index is 1.72. The zero-order chi connectivity index (χ0) is 19.4. The van der Waals surface area contributed by atoms with E-state index in [1.54, 1.807) is 36.4 Å². The Hall–Kier alpha value is -2.54. The zero-order valence-electron chi connectivity index (χ0n) is 13.7. The second-order valence-corrected chi connectivity index (χ2v) is 6.66. The van der Waals surface area contributed by atoms with Crippen LogP contribution in [0.3, 0.4) is 0 Å². The molecule has 0 aliphatic rings. The van der Waals surface area contributed by atoms with Gasteiger partial charge in [-0.3, -0.25) is 10.1 Å². The van der Waals surface area contributed by atoms with E-state index in [9.17, 15) is 10.1 Å². The fourth-order valence-electron chi connectivity index (χ4n) is 2.37. The Morgan fingerprint density at radius 2 is 1.85 bits per heavy atom. The minimum atomic E-state index is -0.508. The van der Waals surface area contributed by atoms with Gasteiger partial charge >= 0.3 is 0 Å². The van der Waals surface area contributed by atoms with Crippen molar-refractivity contribution in [2.24, 2.45) is 5.10 Å². The van der Waals surface area contributed by atoms with Gasteiger partial charge < -0.3 is 9.84 Å². The predicted molar refractivity (Wildman–Crippen MR) is 107 cm³/mol. The third-order valence-corrected chi connectivity index (χ3v) is 4.59. The van der Waals surface area contributed by atoms with Gasteiger partial charge in [0.25, 0.3) is 5.69 Å². The SMILES string of the molecule is O=[N+]([O-])c1cc(Cl)ccc1-c1ccc(/C=N\NCc2c(Cl)cccc2Cl)o1. The minimum absolute atomic E-state index is 0.133. The second kappa shape index (κ2) is 8.43. The molecule has 3 rings (SSSR count). The summed E-state index contributed by atoms with van der Waals surface area (Å²) in [5.74, 6) is 0.765. The van der Waals surface area contributed by atoms with Gasteiger partial charge in [-0.05, 0) is 36.4 Å². The van der Waals surface area contributed by atoms with Gasteiger partial charge in [-0.15, -0.1) is 0 Å². The van der Waals surface area contributed by atoms with Crippen molar-refractivity contribution in [2.45, 2.75) is 6.54 Å². The van der Waals surface area contributed by atoms with E-state index in [2.05, 4.69) is 10.5 Å². The molecule has 0 aliphatic carbocycles. The Morgan fingerprint density at radius 3 is 2.56 bits per heavy atom. The molecule has 0 bridgehead atoms. The monoisotopic (exact) mass is 423 g/mol. The fraction of sp³-hybridized carbons (Fsp3) is 0.0556. The van der Waals surface area contributed by atoms with Crippen LogP contribution in [0, 0.1) is 10.1 Å². The number of benzene rings is 2. The molecule has 0 unspecified atom stereocenters. The standard InChI is InChI=1S/C18H12Cl3N3O3/c19-11-4-6-13(17(8-11)24(25)26)18-7-5-12(27-18)9-22-23-10-14-15(20)2-1-3-16(14)21/h1-9,23H,10H2/b22-9-. The molecule has 6 nitrogen and oxygen atoms in total. The number of furan rings is 1. The van der Waals surface area contributed by atoms with E-state index >= 15 is 0 Å². The number of rotatable bonds is 6. The van der Waals surface area contributed by atoms with Crippen molar-refractivity contribution in [3.8, 4) is 11.3 Å². The van der Waals surface area contributed by atoms with E-state index in [1.807, 2.05) is 0 Å². The molecule has 1 N–H and O–H groups in total. The maximum absolute atomic E-state index is 11.2. The number of nitrogens with one attached hydrogen (secondary N) is 1. The molecule has 0 atom stereocenters. The maximum Gasteiger partial charge on any atom is 0.281 e. The summed E-state index contributed by atoms with van der Waals surface area (Å²) < 4.78 is 5.61. The Morgan fingerprint density at radius 1 is 1.11 bits per heavy atom. The van der Waals surface area contributed by atoms with Gasteiger partial charge in [-0.2, -0.15) is 5.10 Å². The first kappa shape index (κ1) is 19.2. The summed E-state index contributed by atoms with van der Waals surface area (Å²) in [6.07, 6.45) is 1.45. The molecular formula is C18H12Cl3N3O3. The van der Waals surface area contributed by atoms with Crippen molar-refractivity contribution in [1.29, 1.82) is 0 Å². The van der Waals surface area contributed by atoms with Gasteiger partial charge in [0.15, 0.2) is 0 Å². The smallest absolute Gasteiger partial charge is 0.281 e. The van der Waals surface area contributed by atoms with Gasteiger partial charge in [-0.25, -0.2) is 0 Å². The molecule has 2 aromatic carbocycles. The van der Waals surface area contributed by atoms with E-state index in [-0.39, 0.29) is 10.7 Å². The number of halogens is 3. The highest BCUT2D eigenvalue weighted by atomic mass is 35.5. The maximum atomic E-state index is 11.2. The first-order valence-corrected chi connectivity index (χ1v) is 8.82. The Bertz CT molecular complexity index is 998. The molecule has 0 spiro atoms. The molecule has 0 fully saturated rings. The number of nitro benzene ring substituents is 1. The summed E-state index contributed by atoms with van der Waals surface area (Å²) in [6.45, 7) is 0.339. The highest BCUT2D eigenvalue weighted by Crippen LogP contribution is 2.33. The summed E-state index contributed by atoms with van der Waals surface area (Å²) in [6, 6.07) is 12.9.